The molecule has 23 heavy (non-hydrogen) atoms. The number of nitrogens with two attached hydrogens (primary N) is 1. The molecule has 2 fully saturated rings. The predicted molar refractivity (Wildman–Crippen MR) is 94.0 cm³/mol. The zero-order chi connectivity index (χ0) is 16.6. The van der Waals surface area contributed by atoms with Gasteiger partial charge < -0.3 is 10.6 Å². The van der Waals surface area contributed by atoms with Crippen molar-refractivity contribution < 1.29 is 4.79 Å². The van der Waals surface area contributed by atoms with Crippen LogP contribution in [0.15, 0.2) is 30.3 Å². The molecule has 0 spiro atoms. The molecule has 0 aromatic heterocycles. The maximum atomic E-state index is 13.0. The van der Waals surface area contributed by atoms with Crippen molar-refractivity contribution in [3.8, 4) is 0 Å². The highest BCUT2D eigenvalue weighted by molar-refractivity contribution is 5.82. The van der Waals surface area contributed by atoms with E-state index in [0.717, 1.165) is 12.5 Å². The summed E-state index contributed by atoms with van der Waals surface area (Å²) in [6, 6.07) is 10.7. The van der Waals surface area contributed by atoms with Gasteiger partial charge in [-0.3, -0.25) is 4.79 Å². The van der Waals surface area contributed by atoms with E-state index in [1.165, 1.54) is 24.8 Å². The monoisotopic (exact) mass is 314 g/mol. The number of rotatable bonds is 5. The molecule has 2 aliphatic rings. The predicted octanol–water partition coefficient (Wildman–Crippen LogP) is 3.40. The van der Waals surface area contributed by atoms with Crippen LogP contribution in [-0.2, 0) is 4.79 Å². The maximum Gasteiger partial charge on any atom is 0.240 e. The molecular formula is C20H30N2O. The second-order valence-electron chi connectivity index (χ2n) is 7.65. The number of amides is 1. The highest BCUT2D eigenvalue weighted by Crippen LogP contribution is 2.54. The van der Waals surface area contributed by atoms with Crippen molar-refractivity contribution in [3.63, 3.8) is 0 Å². The van der Waals surface area contributed by atoms with Gasteiger partial charge in [0.15, 0.2) is 0 Å². The Kier molecular flexibility index (Phi) is 4.77. The summed E-state index contributed by atoms with van der Waals surface area (Å²) < 4.78 is 0. The molecule has 2 bridgehead atoms. The Morgan fingerprint density at radius 1 is 1.22 bits per heavy atom. The van der Waals surface area contributed by atoms with Crippen molar-refractivity contribution in [1.29, 1.82) is 0 Å². The van der Waals surface area contributed by atoms with Crippen LogP contribution in [-0.4, -0.2) is 29.4 Å². The zero-order valence-electron chi connectivity index (χ0n) is 14.6. The summed E-state index contributed by atoms with van der Waals surface area (Å²) in [7, 11) is 0. The first-order valence-corrected chi connectivity index (χ1v) is 9.15. The molecule has 1 aromatic rings. The Morgan fingerprint density at radius 2 is 1.87 bits per heavy atom. The second kappa shape index (κ2) is 6.64. The van der Waals surface area contributed by atoms with Crippen LogP contribution in [0.2, 0.25) is 0 Å². The molecule has 2 saturated carbocycles. The largest absolute Gasteiger partial charge is 0.338 e. The number of nitrogens with zero attached hydrogens (tertiary/aromatic N) is 1. The molecule has 3 rings (SSSR count). The standard InChI is InChI=1S/C20H30N2O/c1-4-22(20(23)18(21)13(2)3)19-16-11-10-15(12-16)17(19)14-8-6-5-7-9-14/h5-9,13,15-19H,4,10-12,21H2,1-3H3/t15?,16?,17?,18-,19?/m0/s1. The van der Waals surface area contributed by atoms with Crippen molar-refractivity contribution in [1.82, 2.24) is 4.90 Å². The van der Waals surface area contributed by atoms with E-state index in [0.29, 0.717) is 17.9 Å². The summed E-state index contributed by atoms with van der Waals surface area (Å²) in [6.45, 7) is 6.92. The van der Waals surface area contributed by atoms with Crippen LogP contribution in [0.5, 0.6) is 0 Å². The van der Waals surface area contributed by atoms with E-state index >= 15 is 0 Å². The summed E-state index contributed by atoms with van der Waals surface area (Å²) in [5.74, 6) is 2.18. The molecule has 5 atom stereocenters. The smallest absolute Gasteiger partial charge is 0.240 e. The van der Waals surface area contributed by atoms with Crippen molar-refractivity contribution >= 4 is 5.91 Å². The molecule has 2 N–H and O–H groups in total. The van der Waals surface area contributed by atoms with Gasteiger partial charge in [0.1, 0.15) is 0 Å². The van der Waals surface area contributed by atoms with E-state index in [9.17, 15) is 4.79 Å². The third-order valence-electron chi connectivity index (χ3n) is 6.04. The second-order valence-corrected chi connectivity index (χ2v) is 7.65. The van der Waals surface area contributed by atoms with Crippen LogP contribution in [0.1, 0.15) is 51.5 Å². The summed E-state index contributed by atoms with van der Waals surface area (Å²) in [5, 5.41) is 0. The highest BCUT2D eigenvalue weighted by atomic mass is 16.2. The van der Waals surface area contributed by atoms with Gasteiger partial charge in [0.25, 0.3) is 0 Å². The molecule has 1 aromatic carbocycles. The van der Waals surface area contributed by atoms with Gasteiger partial charge in [-0.15, -0.1) is 0 Å². The van der Waals surface area contributed by atoms with Crippen LogP contribution in [0, 0.1) is 17.8 Å². The molecule has 126 valence electrons. The van der Waals surface area contributed by atoms with Gasteiger partial charge in [-0.25, -0.2) is 0 Å². The molecule has 4 unspecified atom stereocenters. The Balaban J connectivity index is 1.90. The van der Waals surface area contributed by atoms with Gasteiger partial charge in [0.05, 0.1) is 6.04 Å². The molecule has 0 radical (unpaired) electrons. The number of hydrogen-bond donors (Lipinski definition) is 1. The number of carbonyl (C=O) groups is 1. The van der Waals surface area contributed by atoms with Crippen molar-refractivity contribution in [2.45, 2.75) is 58.0 Å². The van der Waals surface area contributed by atoms with Crippen molar-refractivity contribution in [2.24, 2.45) is 23.5 Å². The Morgan fingerprint density at radius 3 is 2.48 bits per heavy atom. The van der Waals surface area contributed by atoms with E-state index < -0.39 is 0 Å². The van der Waals surface area contributed by atoms with Gasteiger partial charge in [-0.1, -0.05) is 44.2 Å². The van der Waals surface area contributed by atoms with Crippen LogP contribution in [0.4, 0.5) is 0 Å². The van der Waals surface area contributed by atoms with Gasteiger partial charge >= 0.3 is 0 Å². The summed E-state index contributed by atoms with van der Waals surface area (Å²) in [6.07, 6.45) is 3.84. The normalized spacial score (nSPS) is 30.7. The lowest BCUT2D eigenvalue weighted by molar-refractivity contribution is -0.137. The SMILES string of the molecule is CCN(C(=O)[C@@H](N)C(C)C)C1C2CCC(C2)C1c1ccccc1. The van der Waals surface area contributed by atoms with Crippen molar-refractivity contribution in [3.05, 3.63) is 35.9 Å². The van der Waals surface area contributed by atoms with E-state index in [2.05, 4.69) is 42.2 Å². The van der Waals surface area contributed by atoms with Gasteiger partial charge in [0.2, 0.25) is 5.91 Å². The van der Waals surface area contributed by atoms with Crippen LogP contribution >= 0.6 is 0 Å². The molecule has 2 aliphatic carbocycles. The van der Waals surface area contributed by atoms with Crippen molar-refractivity contribution in [2.75, 3.05) is 6.54 Å². The summed E-state index contributed by atoms with van der Waals surface area (Å²) in [4.78, 5) is 15.1. The third-order valence-corrected chi connectivity index (χ3v) is 6.04. The Bertz CT molecular complexity index is 542. The fourth-order valence-corrected chi connectivity index (χ4v) is 4.84. The molecule has 1 amide bonds. The number of carbonyl (C=O) groups excluding carboxylic acids is 1. The minimum absolute atomic E-state index is 0.140. The lowest BCUT2D eigenvalue weighted by atomic mass is 9.78. The first-order chi connectivity index (χ1) is 11.0. The first-order valence-electron chi connectivity index (χ1n) is 9.15. The minimum Gasteiger partial charge on any atom is -0.338 e. The molecular weight excluding hydrogens is 284 g/mol. The number of likely N-dealkylation sites (N-methyl/N-ethyl adjacent to an activating group) is 1. The Hall–Kier alpha value is -1.35. The lowest BCUT2D eigenvalue weighted by Crippen LogP contribution is -2.53. The summed E-state index contributed by atoms with van der Waals surface area (Å²) >= 11 is 0. The van der Waals surface area contributed by atoms with Gasteiger partial charge in [0, 0.05) is 18.5 Å². The first kappa shape index (κ1) is 16.5. The van der Waals surface area contributed by atoms with Crippen LogP contribution in [0.3, 0.4) is 0 Å². The fraction of sp³-hybridized carbons (Fsp3) is 0.650. The molecule has 0 aliphatic heterocycles. The van der Waals surface area contributed by atoms with E-state index in [4.69, 9.17) is 5.73 Å². The molecule has 3 nitrogen and oxygen atoms in total. The maximum absolute atomic E-state index is 13.0. The van der Waals surface area contributed by atoms with E-state index in [1.807, 2.05) is 13.8 Å². The minimum atomic E-state index is -0.384. The molecule has 3 heteroatoms. The highest BCUT2D eigenvalue weighted by Gasteiger charge is 2.51. The fourth-order valence-electron chi connectivity index (χ4n) is 4.84. The topological polar surface area (TPSA) is 46.3 Å². The van der Waals surface area contributed by atoms with Gasteiger partial charge in [-0.2, -0.15) is 0 Å². The quantitative estimate of drug-likeness (QED) is 0.905. The van der Waals surface area contributed by atoms with E-state index in [-0.39, 0.29) is 17.9 Å². The van der Waals surface area contributed by atoms with E-state index in [1.54, 1.807) is 0 Å². The summed E-state index contributed by atoms with van der Waals surface area (Å²) in [5.41, 5.74) is 7.59. The zero-order valence-corrected chi connectivity index (χ0v) is 14.6. The third kappa shape index (κ3) is 2.91. The lowest BCUT2D eigenvalue weighted by Gasteiger charge is -2.41. The number of hydrogen-bond acceptors (Lipinski definition) is 2. The number of fused-ring (bicyclic) bond motifs is 2. The van der Waals surface area contributed by atoms with Crippen LogP contribution < -0.4 is 5.73 Å². The van der Waals surface area contributed by atoms with Crippen LogP contribution in [0.25, 0.3) is 0 Å². The Labute approximate surface area is 140 Å². The average Bonchev–Trinajstić information content (AvgIpc) is 3.17. The number of benzene rings is 1. The average molecular weight is 314 g/mol. The molecule has 0 saturated heterocycles. The van der Waals surface area contributed by atoms with Gasteiger partial charge in [-0.05, 0) is 49.5 Å². The molecule has 0 heterocycles.